The molecule has 32 heavy (non-hydrogen) atoms. The molecule has 0 unspecified atom stereocenters. The van der Waals surface area contributed by atoms with E-state index in [1.54, 1.807) is 35.2 Å². The van der Waals surface area contributed by atoms with Crippen LogP contribution in [0.5, 0.6) is 11.5 Å². The Bertz CT molecular complexity index is 1190. The van der Waals surface area contributed by atoms with Crippen LogP contribution in [0.2, 0.25) is 0 Å². The summed E-state index contributed by atoms with van der Waals surface area (Å²) in [7, 11) is 0. The fraction of sp³-hybridized carbons (Fsp3) is 0.333. The van der Waals surface area contributed by atoms with Crippen molar-refractivity contribution in [3.63, 3.8) is 0 Å². The molecule has 3 aliphatic rings. The number of benzene rings is 2. The molecule has 7 nitrogen and oxygen atoms in total. The molecule has 1 aliphatic carbocycles. The number of aromatic nitrogens is 1. The zero-order valence-corrected chi connectivity index (χ0v) is 17.2. The van der Waals surface area contributed by atoms with Crippen LogP contribution in [0.25, 0.3) is 11.3 Å². The van der Waals surface area contributed by atoms with Crippen LogP contribution in [0.4, 0.5) is 4.39 Å². The molecule has 3 atom stereocenters. The lowest BCUT2D eigenvalue weighted by Gasteiger charge is -2.30. The van der Waals surface area contributed by atoms with Gasteiger partial charge in [-0.2, -0.15) is 0 Å². The second kappa shape index (κ2) is 7.06. The van der Waals surface area contributed by atoms with E-state index in [1.807, 2.05) is 6.07 Å². The zero-order chi connectivity index (χ0) is 21.9. The number of halogens is 1. The topological polar surface area (TPSA) is 85.0 Å². The lowest BCUT2D eigenvalue weighted by atomic mass is 9.82. The van der Waals surface area contributed by atoms with Crippen molar-refractivity contribution in [3.8, 4) is 22.8 Å². The minimum atomic E-state index is -1.06. The van der Waals surface area contributed by atoms with Crippen LogP contribution in [0.1, 0.15) is 28.9 Å². The van der Waals surface area contributed by atoms with E-state index in [4.69, 9.17) is 14.0 Å². The van der Waals surface area contributed by atoms with Crippen LogP contribution in [0.15, 0.2) is 53.1 Å². The smallest absolute Gasteiger partial charge is 0.276 e. The quantitative estimate of drug-likeness (QED) is 0.676. The fourth-order valence-electron chi connectivity index (χ4n) is 5.28. The molecular weight excluding hydrogens is 415 g/mol. The second-order valence-electron chi connectivity index (χ2n) is 8.69. The first-order valence-electron chi connectivity index (χ1n) is 10.7. The first-order chi connectivity index (χ1) is 15.5. The number of nitrogens with zero attached hydrogens (tertiary/aromatic N) is 2. The van der Waals surface area contributed by atoms with Crippen LogP contribution >= 0.6 is 0 Å². The summed E-state index contributed by atoms with van der Waals surface area (Å²) in [6.07, 6.45) is 1.41. The van der Waals surface area contributed by atoms with Crippen LogP contribution in [-0.2, 0) is 5.60 Å². The maximum absolute atomic E-state index is 13.3. The third-order valence-corrected chi connectivity index (χ3v) is 6.97. The molecule has 1 saturated heterocycles. The number of aliphatic hydroxyl groups is 1. The van der Waals surface area contributed by atoms with Crippen LogP contribution in [0.3, 0.4) is 0 Å². The van der Waals surface area contributed by atoms with E-state index in [9.17, 15) is 14.3 Å². The fourth-order valence-corrected chi connectivity index (χ4v) is 5.28. The third kappa shape index (κ3) is 2.97. The second-order valence-corrected chi connectivity index (χ2v) is 8.69. The van der Waals surface area contributed by atoms with Gasteiger partial charge in [0.25, 0.3) is 5.91 Å². The van der Waals surface area contributed by atoms with Crippen molar-refractivity contribution in [1.29, 1.82) is 0 Å². The van der Waals surface area contributed by atoms with E-state index in [0.29, 0.717) is 42.3 Å². The van der Waals surface area contributed by atoms with Gasteiger partial charge in [-0.1, -0.05) is 17.3 Å². The maximum atomic E-state index is 13.3. The molecule has 0 radical (unpaired) electrons. The van der Waals surface area contributed by atoms with E-state index in [0.717, 1.165) is 12.0 Å². The Balaban J connectivity index is 1.21. The molecule has 8 heteroatoms. The number of carbonyl (C=O) groups is 1. The van der Waals surface area contributed by atoms with Gasteiger partial charge in [-0.15, -0.1) is 0 Å². The minimum absolute atomic E-state index is 0.0999. The number of rotatable bonds is 3. The van der Waals surface area contributed by atoms with Gasteiger partial charge in [-0.05, 0) is 54.7 Å². The molecule has 0 spiro atoms. The van der Waals surface area contributed by atoms with Crippen molar-refractivity contribution in [3.05, 3.63) is 65.6 Å². The molecule has 164 valence electrons. The summed E-state index contributed by atoms with van der Waals surface area (Å²) in [4.78, 5) is 14.9. The summed E-state index contributed by atoms with van der Waals surface area (Å²) in [5.74, 6) is 1.29. The van der Waals surface area contributed by atoms with E-state index >= 15 is 0 Å². The molecule has 1 saturated carbocycles. The highest BCUT2D eigenvalue weighted by atomic mass is 19.1. The Labute approximate surface area is 183 Å². The van der Waals surface area contributed by atoms with Gasteiger partial charge in [-0.3, -0.25) is 4.79 Å². The third-order valence-electron chi connectivity index (χ3n) is 6.97. The molecule has 2 aliphatic heterocycles. The molecular formula is C24H21FN2O5. The molecule has 3 aromatic rings. The van der Waals surface area contributed by atoms with E-state index in [2.05, 4.69) is 5.16 Å². The Morgan fingerprint density at radius 2 is 1.91 bits per heavy atom. The molecule has 1 aromatic heterocycles. The largest absolute Gasteiger partial charge is 0.454 e. The first kappa shape index (κ1) is 19.3. The predicted molar refractivity (Wildman–Crippen MR) is 110 cm³/mol. The van der Waals surface area contributed by atoms with Crippen LogP contribution in [0, 0.1) is 17.7 Å². The highest BCUT2D eigenvalue weighted by molar-refractivity contribution is 5.93. The summed E-state index contributed by atoms with van der Waals surface area (Å²) >= 11 is 0. The van der Waals surface area contributed by atoms with E-state index in [1.165, 1.54) is 12.1 Å². The molecule has 2 fully saturated rings. The molecule has 1 N–H and O–H groups in total. The summed E-state index contributed by atoms with van der Waals surface area (Å²) in [6, 6.07) is 13.0. The summed E-state index contributed by atoms with van der Waals surface area (Å²) in [5.41, 5.74) is 0.606. The monoisotopic (exact) mass is 436 g/mol. The average molecular weight is 436 g/mol. The van der Waals surface area contributed by atoms with Gasteiger partial charge in [-0.25, -0.2) is 4.39 Å². The predicted octanol–water partition coefficient (Wildman–Crippen LogP) is 3.58. The maximum Gasteiger partial charge on any atom is 0.276 e. The number of ether oxygens (including phenoxy) is 2. The minimum Gasteiger partial charge on any atom is -0.454 e. The van der Waals surface area contributed by atoms with E-state index in [-0.39, 0.29) is 36.0 Å². The van der Waals surface area contributed by atoms with Crippen molar-refractivity contribution in [2.45, 2.75) is 18.4 Å². The zero-order valence-electron chi connectivity index (χ0n) is 17.2. The van der Waals surface area contributed by atoms with Crippen molar-refractivity contribution >= 4 is 5.91 Å². The number of fused-ring (bicyclic) bond motifs is 2. The van der Waals surface area contributed by atoms with Gasteiger partial charge >= 0.3 is 0 Å². The highest BCUT2D eigenvalue weighted by Crippen LogP contribution is 2.50. The number of carbonyl (C=O) groups excluding carboxylic acids is 1. The molecule has 2 aromatic carbocycles. The number of hydrogen-bond acceptors (Lipinski definition) is 6. The molecule has 3 heterocycles. The van der Waals surface area contributed by atoms with Gasteiger partial charge in [0.1, 0.15) is 5.82 Å². The lowest BCUT2D eigenvalue weighted by molar-refractivity contribution is -0.00597. The normalized spacial score (nSPS) is 25.9. The van der Waals surface area contributed by atoms with Crippen LogP contribution < -0.4 is 9.47 Å². The summed E-state index contributed by atoms with van der Waals surface area (Å²) in [5, 5.41) is 15.4. The summed E-state index contributed by atoms with van der Waals surface area (Å²) in [6.45, 7) is 1.16. The standard InChI is InChI=1S/C24H21FN2O5/c25-17-4-2-16(3-5-17)24(29)8-7-15-11-27(12-18(15)24)23(28)19-10-21(32-26-19)14-1-6-20-22(9-14)31-13-30-20/h1-6,9-10,15,18,29H,7-8,11-13H2/t15-,18+,24+/m1/s1. The first-order valence-corrected chi connectivity index (χ1v) is 10.7. The van der Waals surface area contributed by atoms with Crippen molar-refractivity contribution in [2.24, 2.45) is 11.8 Å². The van der Waals surface area contributed by atoms with E-state index < -0.39 is 5.60 Å². The van der Waals surface area contributed by atoms with Gasteiger partial charge in [0.05, 0.1) is 5.60 Å². The average Bonchev–Trinajstić information content (AvgIpc) is 3.58. The Hall–Kier alpha value is -3.39. The number of likely N-dealkylation sites (tertiary alicyclic amines) is 1. The van der Waals surface area contributed by atoms with Crippen LogP contribution in [-0.4, -0.2) is 41.0 Å². The van der Waals surface area contributed by atoms with Gasteiger partial charge in [0.2, 0.25) is 6.79 Å². The number of amides is 1. The van der Waals surface area contributed by atoms with Gasteiger partial charge < -0.3 is 24.0 Å². The lowest BCUT2D eigenvalue weighted by Crippen LogP contribution is -2.36. The van der Waals surface area contributed by atoms with Gasteiger partial charge in [0.15, 0.2) is 23.0 Å². The molecule has 0 bridgehead atoms. The van der Waals surface area contributed by atoms with Crippen molar-refractivity contribution in [2.75, 3.05) is 19.9 Å². The molecule has 6 rings (SSSR count). The number of hydrogen-bond donors (Lipinski definition) is 1. The van der Waals surface area contributed by atoms with Crippen molar-refractivity contribution < 1.29 is 28.3 Å². The SMILES string of the molecule is O=C(c1cc(-c2ccc3c(c2)OCO3)on1)N1C[C@H]2CC[C@](O)(c3ccc(F)cc3)[C@H]2C1. The van der Waals surface area contributed by atoms with Gasteiger partial charge in [0, 0.05) is 30.6 Å². The van der Waals surface area contributed by atoms with Crippen molar-refractivity contribution in [1.82, 2.24) is 10.1 Å². The Morgan fingerprint density at radius 1 is 1.09 bits per heavy atom. The summed E-state index contributed by atoms with van der Waals surface area (Å²) < 4.78 is 29.5. The Morgan fingerprint density at radius 3 is 2.75 bits per heavy atom. The molecule has 1 amide bonds. The Kier molecular flexibility index (Phi) is 4.26. The highest BCUT2D eigenvalue weighted by Gasteiger charge is 2.53.